The topological polar surface area (TPSA) is 0 Å². The summed E-state index contributed by atoms with van der Waals surface area (Å²) in [6.45, 7) is 0. The van der Waals surface area contributed by atoms with Crippen molar-refractivity contribution in [2.45, 2.75) is 18.8 Å². The Morgan fingerprint density at radius 1 is 0.593 bits per heavy atom. The Balaban J connectivity index is 1.63. The highest BCUT2D eigenvalue weighted by atomic mass is 14.3. The van der Waals surface area contributed by atoms with E-state index in [1.165, 1.54) is 38.9 Å². The number of hydrogen-bond acceptors (Lipinski definition) is 0. The van der Waals surface area contributed by atoms with Crippen LogP contribution in [0.15, 0.2) is 103 Å². The van der Waals surface area contributed by atoms with Crippen molar-refractivity contribution in [3.05, 3.63) is 131 Å². The molecule has 0 saturated carbocycles. The van der Waals surface area contributed by atoms with Gasteiger partial charge in [0.2, 0.25) is 0 Å². The zero-order valence-electron chi connectivity index (χ0n) is 15.3. The Morgan fingerprint density at radius 2 is 1.26 bits per heavy atom. The van der Waals surface area contributed by atoms with Gasteiger partial charge in [-0.2, -0.15) is 0 Å². The van der Waals surface area contributed by atoms with Gasteiger partial charge in [0.1, 0.15) is 0 Å². The zero-order chi connectivity index (χ0) is 18.1. The van der Waals surface area contributed by atoms with Crippen molar-refractivity contribution in [2.24, 2.45) is 0 Å². The highest BCUT2D eigenvalue weighted by Gasteiger charge is 2.25. The van der Waals surface area contributed by atoms with Gasteiger partial charge in [-0.1, -0.05) is 103 Å². The van der Waals surface area contributed by atoms with Crippen molar-refractivity contribution in [1.82, 2.24) is 0 Å². The maximum atomic E-state index is 2.34. The van der Waals surface area contributed by atoms with Gasteiger partial charge in [-0.05, 0) is 51.8 Å². The van der Waals surface area contributed by atoms with Gasteiger partial charge in [-0.25, -0.2) is 0 Å². The van der Waals surface area contributed by atoms with Crippen LogP contribution >= 0.6 is 0 Å². The van der Waals surface area contributed by atoms with Crippen molar-refractivity contribution < 1.29 is 0 Å². The summed E-state index contributed by atoms with van der Waals surface area (Å²) in [5, 5.41) is 0. The van der Waals surface area contributed by atoms with E-state index in [1.807, 2.05) is 0 Å². The predicted octanol–water partition coefficient (Wildman–Crippen LogP) is 6.63. The average Bonchev–Trinajstić information content (AvgIpc) is 3.12. The van der Waals surface area contributed by atoms with Gasteiger partial charge in [-0.3, -0.25) is 0 Å². The summed E-state index contributed by atoms with van der Waals surface area (Å²) >= 11 is 0. The molecule has 0 heteroatoms. The summed E-state index contributed by atoms with van der Waals surface area (Å²) in [7, 11) is 0. The molecule has 0 amide bonds. The number of benzene rings is 4. The standard InChI is InChI=1S/C27H22/c1-3-10-20(11-4-1)18-26(21-12-5-2-6-13-21)25-17-9-16-24-23-15-8-7-14-22(23)19-27(24)25/h1-17,26H,18-19H2. The first-order chi connectivity index (χ1) is 13.4. The second-order valence-corrected chi connectivity index (χ2v) is 7.36. The summed E-state index contributed by atoms with van der Waals surface area (Å²) in [6.07, 6.45) is 2.07. The maximum Gasteiger partial charge on any atom is 0.0133 e. The van der Waals surface area contributed by atoms with Crippen LogP contribution in [0, 0.1) is 0 Å². The van der Waals surface area contributed by atoms with Crippen molar-refractivity contribution in [1.29, 1.82) is 0 Å². The third kappa shape index (κ3) is 2.98. The van der Waals surface area contributed by atoms with Crippen LogP contribution in [0.5, 0.6) is 0 Å². The van der Waals surface area contributed by atoms with Crippen LogP contribution in [0.4, 0.5) is 0 Å². The minimum absolute atomic E-state index is 0.373. The van der Waals surface area contributed by atoms with E-state index < -0.39 is 0 Å². The van der Waals surface area contributed by atoms with E-state index in [-0.39, 0.29) is 0 Å². The minimum atomic E-state index is 0.373. The largest absolute Gasteiger partial charge is 0.0622 e. The molecule has 27 heavy (non-hydrogen) atoms. The zero-order valence-corrected chi connectivity index (χ0v) is 15.3. The molecule has 4 aromatic carbocycles. The second kappa shape index (κ2) is 6.89. The molecule has 1 aliphatic rings. The third-order valence-corrected chi connectivity index (χ3v) is 5.75. The van der Waals surface area contributed by atoms with E-state index in [0.29, 0.717) is 5.92 Å². The lowest BCUT2D eigenvalue weighted by Crippen LogP contribution is -2.08. The Labute approximate surface area is 161 Å². The van der Waals surface area contributed by atoms with E-state index in [0.717, 1.165) is 12.8 Å². The fourth-order valence-corrected chi connectivity index (χ4v) is 4.45. The van der Waals surface area contributed by atoms with Gasteiger partial charge in [-0.15, -0.1) is 0 Å². The van der Waals surface area contributed by atoms with Crippen molar-refractivity contribution in [3.63, 3.8) is 0 Å². The number of fused-ring (bicyclic) bond motifs is 3. The predicted molar refractivity (Wildman–Crippen MR) is 113 cm³/mol. The summed E-state index contributed by atoms with van der Waals surface area (Å²) in [5.74, 6) is 0.373. The lowest BCUT2D eigenvalue weighted by molar-refractivity contribution is 0.796. The molecule has 130 valence electrons. The van der Waals surface area contributed by atoms with Crippen LogP contribution in [0.1, 0.15) is 33.7 Å². The van der Waals surface area contributed by atoms with Crippen molar-refractivity contribution >= 4 is 0 Å². The lowest BCUT2D eigenvalue weighted by Gasteiger charge is -2.21. The van der Waals surface area contributed by atoms with E-state index in [1.54, 1.807) is 0 Å². The molecular formula is C27H22. The lowest BCUT2D eigenvalue weighted by atomic mass is 9.82. The second-order valence-electron chi connectivity index (χ2n) is 7.36. The molecule has 0 saturated heterocycles. The van der Waals surface area contributed by atoms with Gasteiger partial charge >= 0.3 is 0 Å². The van der Waals surface area contributed by atoms with Crippen molar-refractivity contribution in [3.8, 4) is 11.1 Å². The molecule has 0 radical (unpaired) electrons. The highest BCUT2D eigenvalue weighted by molar-refractivity contribution is 5.78. The fourth-order valence-electron chi connectivity index (χ4n) is 4.45. The van der Waals surface area contributed by atoms with Gasteiger partial charge in [0.25, 0.3) is 0 Å². The normalized spacial score (nSPS) is 13.0. The van der Waals surface area contributed by atoms with Crippen LogP contribution in [-0.4, -0.2) is 0 Å². The van der Waals surface area contributed by atoms with Gasteiger partial charge in [0.05, 0.1) is 0 Å². The summed E-state index contributed by atoms with van der Waals surface area (Å²) in [6, 6.07) is 37.5. The minimum Gasteiger partial charge on any atom is -0.0622 e. The van der Waals surface area contributed by atoms with Crippen LogP contribution in [0.2, 0.25) is 0 Å². The quantitative estimate of drug-likeness (QED) is 0.342. The van der Waals surface area contributed by atoms with E-state index in [2.05, 4.69) is 103 Å². The molecule has 0 spiro atoms. The van der Waals surface area contributed by atoms with Crippen LogP contribution in [0.3, 0.4) is 0 Å². The SMILES string of the molecule is c1ccc(CC(c2ccccc2)c2cccc3c2Cc2ccccc2-3)cc1. The Morgan fingerprint density at radius 3 is 2.07 bits per heavy atom. The van der Waals surface area contributed by atoms with E-state index in [9.17, 15) is 0 Å². The van der Waals surface area contributed by atoms with Gasteiger partial charge < -0.3 is 0 Å². The summed E-state index contributed by atoms with van der Waals surface area (Å²) in [4.78, 5) is 0. The Kier molecular flexibility index (Phi) is 4.10. The van der Waals surface area contributed by atoms with E-state index >= 15 is 0 Å². The number of hydrogen-bond donors (Lipinski definition) is 0. The summed E-state index contributed by atoms with van der Waals surface area (Å²) in [5.41, 5.74) is 10.0. The molecule has 0 fully saturated rings. The molecule has 0 N–H and O–H groups in total. The number of rotatable bonds is 4. The molecule has 1 unspecified atom stereocenters. The molecule has 0 heterocycles. The first kappa shape index (κ1) is 16.1. The maximum absolute atomic E-state index is 2.34. The first-order valence-electron chi connectivity index (χ1n) is 9.69. The van der Waals surface area contributed by atoms with Crippen LogP contribution in [0.25, 0.3) is 11.1 Å². The molecule has 5 rings (SSSR count). The average molecular weight is 346 g/mol. The van der Waals surface area contributed by atoms with E-state index in [4.69, 9.17) is 0 Å². The van der Waals surface area contributed by atoms with Crippen LogP contribution < -0.4 is 0 Å². The molecule has 0 nitrogen and oxygen atoms in total. The Bertz CT molecular complexity index is 1060. The fraction of sp³-hybridized carbons (Fsp3) is 0.111. The molecule has 1 aliphatic carbocycles. The molecule has 0 aliphatic heterocycles. The third-order valence-electron chi connectivity index (χ3n) is 5.75. The smallest absolute Gasteiger partial charge is 0.0133 e. The molecule has 0 aromatic heterocycles. The molecular weight excluding hydrogens is 324 g/mol. The Hall–Kier alpha value is -3.12. The van der Waals surface area contributed by atoms with Gasteiger partial charge in [0.15, 0.2) is 0 Å². The first-order valence-corrected chi connectivity index (χ1v) is 9.69. The van der Waals surface area contributed by atoms with Crippen molar-refractivity contribution in [2.75, 3.05) is 0 Å². The molecule has 4 aromatic rings. The monoisotopic (exact) mass is 346 g/mol. The summed E-state index contributed by atoms with van der Waals surface area (Å²) < 4.78 is 0. The van der Waals surface area contributed by atoms with Gasteiger partial charge in [0, 0.05) is 5.92 Å². The van der Waals surface area contributed by atoms with Crippen LogP contribution in [-0.2, 0) is 12.8 Å². The molecule has 0 bridgehead atoms. The highest BCUT2D eigenvalue weighted by Crippen LogP contribution is 2.42. The molecule has 1 atom stereocenters.